The highest BCUT2D eigenvalue weighted by Crippen LogP contribution is 2.28. The summed E-state index contributed by atoms with van der Waals surface area (Å²) in [4.78, 5) is 0. The second-order valence-electron chi connectivity index (χ2n) is 3.94. The van der Waals surface area contributed by atoms with Crippen molar-refractivity contribution in [1.29, 1.82) is 0 Å². The maximum Gasteiger partial charge on any atom is 0.573 e. The van der Waals surface area contributed by atoms with Crippen LogP contribution < -0.4 is 14.9 Å². The van der Waals surface area contributed by atoms with Gasteiger partial charge in [-0.1, -0.05) is 23.7 Å². The Bertz CT molecular complexity index is 553. The molecule has 0 saturated carbocycles. The molecule has 0 N–H and O–H groups in total. The summed E-state index contributed by atoms with van der Waals surface area (Å²) in [5, 5.41) is 0. The topological polar surface area (TPSA) is 18.5 Å². The fraction of sp³-hybridized carbons (Fsp3) is 0.0769. The summed E-state index contributed by atoms with van der Waals surface area (Å²) in [5.74, 6) is 0.525. The van der Waals surface area contributed by atoms with Crippen molar-refractivity contribution in [2.45, 2.75) is 6.36 Å². The predicted molar refractivity (Wildman–Crippen MR) is 67.8 cm³/mol. The van der Waals surface area contributed by atoms with E-state index in [2.05, 4.69) is 4.74 Å². The second-order valence-corrected chi connectivity index (χ2v) is 3.94. The quantitative estimate of drug-likeness (QED) is 0.795. The minimum absolute atomic E-state index is 0.283. The standard InChI is InChI=1S/C13H10BF3O2/c14-9-4-6-10(7-5-9)18-11-2-1-3-12(8-11)19-13(15,16)17/h1-8H,14H2. The molecule has 0 aliphatic heterocycles. The van der Waals surface area contributed by atoms with Crippen molar-refractivity contribution in [3.63, 3.8) is 0 Å². The van der Waals surface area contributed by atoms with Crippen LogP contribution in [0.4, 0.5) is 13.2 Å². The lowest BCUT2D eigenvalue weighted by Gasteiger charge is -2.10. The van der Waals surface area contributed by atoms with E-state index in [0.717, 1.165) is 5.46 Å². The van der Waals surface area contributed by atoms with Crippen LogP contribution in [0.5, 0.6) is 17.2 Å². The molecule has 0 aliphatic carbocycles. The van der Waals surface area contributed by atoms with E-state index in [4.69, 9.17) is 4.74 Å². The Morgan fingerprint density at radius 3 is 2.11 bits per heavy atom. The average Bonchev–Trinajstić information content (AvgIpc) is 2.30. The van der Waals surface area contributed by atoms with Crippen molar-refractivity contribution < 1.29 is 22.6 Å². The van der Waals surface area contributed by atoms with Gasteiger partial charge in [0.05, 0.1) is 0 Å². The molecule has 6 heteroatoms. The van der Waals surface area contributed by atoms with Gasteiger partial charge < -0.3 is 9.47 Å². The van der Waals surface area contributed by atoms with E-state index in [9.17, 15) is 13.2 Å². The molecule has 0 radical (unpaired) electrons. The number of halogens is 3. The Kier molecular flexibility index (Phi) is 3.69. The maximum absolute atomic E-state index is 12.1. The van der Waals surface area contributed by atoms with Gasteiger partial charge in [-0.15, -0.1) is 13.2 Å². The molecule has 0 amide bonds. The molecule has 2 rings (SSSR count). The van der Waals surface area contributed by atoms with Crippen LogP contribution in [0.1, 0.15) is 0 Å². The van der Waals surface area contributed by atoms with Gasteiger partial charge in [-0.05, 0) is 24.3 Å². The van der Waals surface area contributed by atoms with Crippen LogP contribution in [-0.4, -0.2) is 14.2 Å². The fourth-order valence-electron chi connectivity index (χ4n) is 1.48. The zero-order valence-electron chi connectivity index (χ0n) is 10.1. The first-order valence-electron chi connectivity index (χ1n) is 5.53. The molecule has 0 aromatic heterocycles. The first kappa shape index (κ1) is 13.3. The van der Waals surface area contributed by atoms with Gasteiger partial charge in [-0.3, -0.25) is 0 Å². The minimum atomic E-state index is -4.71. The summed E-state index contributed by atoms with van der Waals surface area (Å²) in [6.07, 6.45) is -4.71. The highest BCUT2D eigenvalue weighted by molar-refractivity contribution is 6.32. The normalized spacial score (nSPS) is 11.1. The summed E-state index contributed by atoms with van der Waals surface area (Å²) in [7, 11) is 1.93. The number of hydrogen-bond donors (Lipinski definition) is 0. The maximum atomic E-state index is 12.1. The second kappa shape index (κ2) is 5.26. The Balaban J connectivity index is 2.13. The van der Waals surface area contributed by atoms with Gasteiger partial charge in [0.15, 0.2) is 0 Å². The average molecular weight is 266 g/mol. The molecule has 0 spiro atoms. The lowest BCUT2D eigenvalue weighted by Crippen LogP contribution is -2.17. The summed E-state index contributed by atoms with van der Waals surface area (Å²) in [5.41, 5.74) is 1.07. The van der Waals surface area contributed by atoms with Gasteiger partial charge in [-0.25, -0.2) is 0 Å². The number of alkyl halides is 3. The molecule has 0 bridgehead atoms. The van der Waals surface area contributed by atoms with Crippen molar-refractivity contribution >= 4 is 13.3 Å². The molecular weight excluding hydrogens is 256 g/mol. The minimum Gasteiger partial charge on any atom is -0.457 e. The number of hydrogen-bond acceptors (Lipinski definition) is 2. The van der Waals surface area contributed by atoms with Gasteiger partial charge in [0, 0.05) is 6.07 Å². The molecule has 0 atom stereocenters. The molecule has 0 unspecified atom stereocenters. The molecule has 98 valence electrons. The first-order chi connectivity index (χ1) is 8.92. The SMILES string of the molecule is Bc1ccc(Oc2cccc(OC(F)(F)F)c2)cc1. The van der Waals surface area contributed by atoms with Gasteiger partial charge in [0.25, 0.3) is 0 Å². The molecule has 0 fully saturated rings. The van der Waals surface area contributed by atoms with Crippen molar-refractivity contribution in [2.75, 3.05) is 0 Å². The summed E-state index contributed by atoms with van der Waals surface area (Å²) in [6, 6.07) is 12.6. The number of benzene rings is 2. The first-order valence-corrected chi connectivity index (χ1v) is 5.53. The highest BCUT2D eigenvalue weighted by Gasteiger charge is 2.31. The highest BCUT2D eigenvalue weighted by atomic mass is 19.4. The third-order valence-electron chi connectivity index (χ3n) is 2.30. The predicted octanol–water partition coefficient (Wildman–Crippen LogP) is 2.64. The van der Waals surface area contributed by atoms with Gasteiger partial charge >= 0.3 is 6.36 Å². The lowest BCUT2D eigenvalue weighted by molar-refractivity contribution is -0.274. The fourth-order valence-corrected chi connectivity index (χ4v) is 1.48. The van der Waals surface area contributed by atoms with Crippen LogP contribution in [0.15, 0.2) is 48.5 Å². The van der Waals surface area contributed by atoms with Crippen LogP contribution in [0.25, 0.3) is 0 Å². The Morgan fingerprint density at radius 1 is 0.842 bits per heavy atom. The van der Waals surface area contributed by atoms with Gasteiger partial charge in [0.2, 0.25) is 0 Å². The summed E-state index contributed by atoms with van der Waals surface area (Å²) >= 11 is 0. The molecule has 0 saturated heterocycles. The zero-order chi connectivity index (χ0) is 13.9. The molecule has 19 heavy (non-hydrogen) atoms. The van der Waals surface area contributed by atoms with Crippen LogP contribution in [0.2, 0.25) is 0 Å². The van der Waals surface area contributed by atoms with E-state index >= 15 is 0 Å². The van der Waals surface area contributed by atoms with E-state index in [1.165, 1.54) is 18.2 Å². The van der Waals surface area contributed by atoms with Crippen LogP contribution in [-0.2, 0) is 0 Å². The molecule has 2 nitrogen and oxygen atoms in total. The van der Waals surface area contributed by atoms with Crippen molar-refractivity contribution in [1.82, 2.24) is 0 Å². The third-order valence-corrected chi connectivity index (χ3v) is 2.30. The Hall–Kier alpha value is -2.11. The van der Waals surface area contributed by atoms with Gasteiger partial charge in [-0.2, -0.15) is 0 Å². The third kappa shape index (κ3) is 4.24. The Morgan fingerprint density at radius 2 is 1.47 bits per heavy atom. The van der Waals surface area contributed by atoms with Crippen LogP contribution in [0, 0.1) is 0 Å². The Labute approximate surface area is 109 Å². The summed E-state index contributed by atoms with van der Waals surface area (Å²) < 4.78 is 45.5. The largest absolute Gasteiger partial charge is 0.573 e. The van der Waals surface area contributed by atoms with Crippen molar-refractivity contribution in [3.8, 4) is 17.2 Å². The number of rotatable bonds is 3. The smallest absolute Gasteiger partial charge is 0.457 e. The molecule has 2 aromatic carbocycles. The zero-order valence-corrected chi connectivity index (χ0v) is 10.1. The number of ether oxygens (including phenoxy) is 2. The van der Waals surface area contributed by atoms with E-state index in [1.807, 2.05) is 20.0 Å². The summed E-state index contributed by atoms with van der Waals surface area (Å²) in [6.45, 7) is 0. The molecular formula is C13H10BF3O2. The van der Waals surface area contributed by atoms with E-state index in [-0.39, 0.29) is 11.5 Å². The lowest BCUT2D eigenvalue weighted by atomic mass is 9.97. The van der Waals surface area contributed by atoms with E-state index < -0.39 is 6.36 Å². The van der Waals surface area contributed by atoms with Crippen molar-refractivity contribution in [3.05, 3.63) is 48.5 Å². The van der Waals surface area contributed by atoms with Crippen LogP contribution in [0.3, 0.4) is 0 Å². The van der Waals surface area contributed by atoms with E-state index in [0.29, 0.717) is 5.75 Å². The molecule has 0 heterocycles. The van der Waals surface area contributed by atoms with E-state index in [1.54, 1.807) is 18.2 Å². The van der Waals surface area contributed by atoms with Crippen molar-refractivity contribution in [2.24, 2.45) is 0 Å². The molecule has 0 aliphatic rings. The van der Waals surface area contributed by atoms with Crippen LogP contribution >= 0.6 is 0 Å². The molecule has 2 aromatic rings. The van der Waals surface area contributed by atoms with Gasteiger partial charge in [0.1, 0.15) is 25.1 Å². The monoisotopic (exact) mass is 266 g/mol.